The fourth-order valence-electron chi connectivity index (χ4n) is 4.82. The van der Waals surface area contributed by atoms with E-state index in [4.69, 9.17) is 9.16 Å². The van der Waals surface area contributed by atoms with Gasteiger partial charge >= 0.3 is 0 Å². The lowest BCUT2D eigenvalue weighted by Gasteiger charge is -2.47. The molecule has 2 fully saturated rings. The van der Waals surface area contributed by atoms with Crippen LogP contribution in [0.1, 0.15) is 67.7 Å². The summed E-state index contributed by atoms with van der Waals surface area (Å²) >= 11 is 0. The normalized spacial score (nSPS) is 44.2. The average Bonchev–Trinajstić information content (AvgIpc) is 2.84. The molecule has 0 radical (unpaired) electrons. The van der Waals surface area contributed by atoms with E-state index in [1.54, 1.807) is 0 Å². The Labute approximate surface area is 155 Å². The second-order valence-corrected chi connectivity index (χ2v) is 15.7. The van der Waals surface area contributed by atoms with Gasteiger partial charge in [-0.15, -0.1) is 0 Å². The van der Waals surface area contributed by atoms with Crippen LogP contribution in [0.5, 0.6) is 0 Å². The molecule has 0 amide bonds. The Morgan fingerprint density at radius 3 is 2.40 bits per heavy atom. The van der Waals surface area contributed by atoms with E-state index >= 15 is 0 Å². The minimum Gasteiger partial charge on any atom is -0.411 e. The fourth-order valence-corrected chi connectivity index (χ4v) is 6.20. The molecule has 0 aromatic carbocycles. The number of fused-ring (bicyclic) bond motifs is 4. The van der Waals surface area contributed by atoms with Gasteiger partial charge < -0.3 is 14.3 Å². The molecule has 144 valence electrons. The van der Waals surface area contributed by atoms with Gasteiger partial charge in [0.2, 0.25) is 0 Å². The quantitative estimate of drug-likeness (QED) is 0.561. The van der Waals surface area contributed by atoms with Crippen LogP contribution in [-0.2, 0) is 9.16 Å². The Bertz CT molecular complexity index is 586. The van der Waals surface area contributed by atoms with Gasteiger partial charge in [-0.1, -0.05) is 40.7 Å². The zero-order valence-electron chi connectivity index (χ0n) is 17.7. The summed E-state index contributed by atoms with van der Waals surface area (Å²) in [5.41, 5.74) is -0.120. The largest absolute Gasteiger partial charge is 0.411 e. The average molecular weight is 367 g/mol. The predicted molar refractivity (Wildman–Crippen MR) is 105 cm³/mol. The van der Waals surface area contributed by atoms with Crippen molar-refractivity contribution in [3.05, 3.63) is 11.6 Å². The number of hydrogen-bond donors (Lipinski definition) is 1. The van der Waals surface area contributed by atoms with Crippen molar-refractivity contribution < 1.29 is 14.3 Å². The Kier molecular flexibility index (Phi) is 4.26. The molecule has 2 heterocycles. The molecule has 1 N–H and O–H groups in total. The summed E-state index contributed by atoms with van der Waals surface area (Å²) in [6, 6.07) is 0. The second kappa shape index (κ2) is 5.43. The Hall–Kier alpha value is -0.163. The molecule has 5 atom stereocenters. The van der Waals surface area contributed by atoms with Crippen LogP contribution < -0.4 is 0 Å². The van der Waals surface area contributed by atoms with Crippen LogP contribution in [0.25, 0.3) is 0 Å². The van der Waals surface area contributed by atoms with E-state index in [-0.39, 0.29) is 28.3 Å². The number of aliphatic hydroxyl groups is 1. The second-order valence-electron chi connectivity index (χ2n) is 10.9. The molecule has 25 heavy (non-hydrogen) atoms. The summed E-state index contributed by atoms with van der Waals surface area (Å²) in [5.74, 6) is 0.635. The highest BCUT2D eigenvalue weighted by molar-refractivity contribution is 6.74. The smallest absolute Gasteiger partial charge is 0.192 e. The Morgan fingerprint density at radius 2 is 1.88 bits per heavy atom. The molecule has 2 aliphatic heterocycles. The highest BCUT2D eigenvalue weighted by atomic mass is 28.4. The maximum Gasteiger partial charge on any atom is 0.192 e. The van der Waals surface area contributed by atoms with Crippen molar-refractivity contribution in [1.29, 1.82) is 0 Å². The van der Waals surface area contributed by atoms with Gasteiger partial charge in [0.15, 0.2) is 8.32 Å². The maximum absolute atomic E-state index is 11.0. The molecule has 1 saturated heterocycles. The van der Waals surface area contributed by atoms with Gasteiger partial charge in [0.1, 0.15) is 0 Å². The zero-order chi connectivity index (χ0) is 19.1. The summed E-state index contributed by atoms with van der Waals surface area (Å²) in [4.78, 5) is 0. The summed E-state index contributed by atoms with van der Waals surface area (Å²) in [6.45, 7) is 20.2. The van der Waals surface area contributed by atoms with E-state index in [1.165, 1.54) is 5.57 Å². The molecule has 3 rings (SSSR count). The summed E-state index contributed by atoms with van der Waals surface area (Å²) in [7, 11) is -1.89. The first-order valence-electron chi connectivity index (χ1n) is 9.98. The Morgan fingerprint density at radius 1 is 1.28 bits per heavy atom. The maximum atomic E-state index is 11.0. The van der Waals surface area contributed by atoms with Gasteiger partial charge in [0.25, 0.3) is 0 Å². The topological polar surface area (TPSA) is 38.7 Å². The van der Waals surface area contributed by atoms with Crippen molar-refractivity contribution in [2.45, 2.75) is 109 Å². The summed E-state index contributed by atoms with van der Waals surface area (Å²) in [6.07, 6.45) is 5.10. The van der Waals surface area contributed by atoms with E-state index in [0.717, 1.165) is 19.3 Å². The third-order valence-electron chi connectivity index (χ3n) is 7.78. The molecule has 3 aliphatic rings. The zero-order valence-corrected chi connectivity index (χ0v) is 18.7. The van der Waals surface area contributed by atoms with Gasteiger partial charge in [0, 0.05) is 12.3 Å². The first-order chi connectivity index (χ1) is 11.1. The monoisotopic (exact) mass is 366 g/mol. The van der Waals surface area contributed by atoms with Crippen LogP contribution in [0.15, 0.2) is 11.6 Å². The molecule has 2 bridgehead atoms. The predicted octanol–water partition coefficient (Wildman–Crippen LogP) is 5.05. The molecule has 0 spiro atoms. The molecule has 3 nitrogen and oxygen atoms in total. The number of hydrogen-bond acceptors (Lipinski definition) is 3. The highest BCUT2D eigenvalue weighted by Gasteiger charge is 2.65. The van der Waals surface area contributed by atoms with Gasteiger partial charge in [-0.05, 0) is 56.3 Å². The van der Waals surface area contributed by atoms with E-state index in [2.05, 4.69) is 60.7 Å². The van der Waals surface area contributed by atoms with Crippen LogP contribution in [0.4, 0.5) is 0 Å². The third kappa shape index (κ3) is 2.79. The minimum absolute atomic E-state index is 0.100. The SMILES string of the molecule is CC(C)[C@]12C=C3[C@@H](CC[C@]3(C)O)[C@](C)(O1)[C@H](O[Si](C)(C)C(C)(C)C)C2. The van der Waals surface area contributed by atoms with E-state index in [9.17, 15) is 5.11 Å². The number of ether oxygens (including phenoxy) is 1. The Balaban J connectivity index is 2.02. The van der Waals surface area contributed by atoms with Gasteiger partial charge in [-0.2, -0.15) is 0 Å². The van der Waals surface area contributed by atoms with Crippen LogP contribution >= 0.6 is 0 Å². The molecule has 0 aromatic rings. The van der Waals surface area contributed by atoms with Crippen molar-refractivity contribution in [3.8, 4) is 0 Å². The summed E-state index contributed by atoms with van der Waals surface area (Å²) < 4.78 is 13.8. The van der Waals surface area contributed by atoms with E-state index in [1.807, 2.05) is 6.92 Å². The van der Waals surface area contributed by atoms with E-state index < -0.39 is 13.9 Å². The number of rotatable bonds is 3. The lowest BCUT2D eigenvalue weighted by atomic mass is 9.78. The molecule has 0 aromatic heterocycles. The molecule has 4 heteroatoms. The first kappa shape index (κ1) is 19.6. The standard InChI is InChI=1S/C21H38O3Si/c1-14(2)21-12-16-15(10-11-19(16,6)22)20(7,24-21)17(13-21)23-25(8,9)18(3,4)5/h12,14-15,17,22H,10-11,13H2,1-9H3/t15-,17-,19+,20+,21-/m1/s1. The van der Waals surface area contributed by atoms with Gasteiger partial charge in [-0.3, -0.25) is 0 Å². The fraction of sp³-hybridized carbons (Fsp3) is 0.905. The molecule has 1 aliphatic carbocycles. The van der Waals surface area contributed by atoms with Crippen LogP contribution in [-0.4, -0.2) is 36.3 Å². The van der Waals surface area contributed by atoms with Crippen molar-refractivity contribution >= 4 is 8.32 Å². The first-order valence-corrected chi connectivity index (χ1v) is 12.9. The molecular formula is C21H38O3Si. The van der Waals surface area contributed by atoms with Crippen LogP contribution in [0.3, 0.4) is 0 Å². The lowest BCUT2D eigenvalue weighted by Crippen LogP contribution is -2.53. The lowest BCUT2D eigenvalue weighted by molar-refractivity contribution is -0.143. The minimum atomic E-state index is -1.89. The van der Waals surface area contributed by atoms with Crippen LogP contribution in [0.2, 0.25) is 18.1 Å². The molecule has 0 unspecified atom stereocenters. The van der Waals surface area contributed by atoms with Crippen molar-refractivity contribution in [2.24, 2.45) is 11.8 Å². The molecular weight excluding hydrogens is 328 g/mol. The highest BCUT2D eigenvalue weighted by Crippen LogP contribution is 2.60. The molecule has 1 saturated carbocycles. The van der Waals surface area contributed by atoms with Crippen molar-refractivity contribution in [3.63, 3.8) is 0 Å². The summed E-state index contributed by atoms with van der Waals surface area (Å²) in [5, 5.41) is 11.1. The van der Waals surface area contributed by atoms with Crippen molar-refractivity contribution in [2.75, 3.05) is 0 Å². The van der Waals surface area contributed by atoms with Gasteiger partial charge in [-0.25, -0.2) is 0 Å². The van der Waals surface area contributed by atoms with Crippen molar-refractivity contribution in [1.82, 2.24) is 0 Å². The van der Waals surface area contributed by atoms with Crippen LogP contribution in [0, 0.1) is 11.8 Å². The van der Waals surface area contributed by atoms with E-state index in [0.29, 0.717) is 5.92 Å². The van der Waals surface area contributed by atoms with Gasteiger partial charge in [0.05, 0.1) is 22.9 Å². The third-order valence-corrected chi connectivity index (χ3v) is 12.3.